The van der Waals surface area contributed by atoms with Gasteiger partial charge in [0.2, 0.25) is 5.91 Å². The predicted octanol–water partition coefficient (Wildman–Crippen LogP) is 3.06. The zero-order valence-corrected chi connectivity index (χ0v) is 13.8. The largest absolute Gasteiger partial charge is 0.351 e. The third-order valence-electron chi connectivity index (χ3n) is 4.09. The lowest BCUT2D eigenvalue weighted by atomic mass is 9.94. The van der Waals surface area contributed by atoms with E-state index in [1.807, 2.05) is 25.1 Å². The lowest BCUT2D eigenvalue weighted by Gasteiger charge is -2.27. The van der Waals surface area contributed by atoms with Crippen LogP contribution >= 0.6 is 12.4 Å². The van der Waals surface area contributed by atoms with Gasteiger partial charge in [-0.25, -0.2) is 0 Å². The summed E-state index contributed by atoms with van der Waals surface area (Å²) in [7, 11) is 0. The van der Waals surface area contributed by atoms with E-state index in [0.29, 0.717) is 5.92 Å². The maximum Gasteiger partial charge on any atom is 0.240 e. The van der Waals surface area contributed by atoms with E-state index in [9.17, 15) is 4.79 Å². The van der Waals surface area contributed by atoms with Crippen molar-refractivity contribution in [2.45, 2.75) is 57.5 Å². The van der Waals surface area contributed by atoms with Crippen LogP contribution in [0.25, 0.3) is 0 Å². The molecule has 0 aromatic heterocycles. The van der Waals surface area contributed by atoms with Crippen LogP contribution in [-0.2, 0) is 11.2 Å². The van der Waals surface area contributed by atoms with Gasteiger partial charge in [0.05, 0.1) is 5.54 Å². The van der Waals surface area contributed by atoms with Crippen molar-refractivity contribution in [1.29, 1.82) is 0 Å². The summed E-state index contributed by atoms with van der Waals surface area (Å²) in [6, 6.07) is 10.6. The van der Waals surface area contributed by atoms with Crippen LogP contribution in [0.15, 0.2) is 30.3 Å². The number of benzene rings is 1. The summed E-state index contributed by atoms with van der Waals surface area (Å²) in [6.07, 6.45) is 4.98. The third-order valence-corrected chi connectivity index (χ3v) is 4.09. The van der Waals surface area contributed by atoms with Crippen molar-refractivity contribution >= 4 is 18.3 Å². The van der Waals surface area contributed by atoms with Crippen molar-refractivity contribution < 1.29 is 4.79 Å². The third kappa shape index (κ3) is 5.33. The van der Waals surface area contributed by atoms with E-state index in [1.165, 1.54) is 18.4 Å². The zero-order chi connectivity index (χ0) is 14.6. The highest BCUT2D eigenvalue weighted by atomic mass is 35.5. The van der Waals surface area contributed by atoms with Gasteiger partial charge in [0.15, 0.2) is 0 Å². The van der Waals surface area contributed by atoms with Crippen molar-refractivity contribution in [2.24, 2.45) is 11.7 Å². The predicted molar refractivity (Wildman–Crippen MR) is 89.5 cm³/mol. The van der Waals surface area contributed by atoms with Crippen LogP contribution in [0, 0.1) is 5.92 Å². The Morgan fingerprint density at radius 3 is 2.52 bits per heavy atom. The number of carbonyl (C=O) groups excluding carboxylic acids is 1. The molecule has 2 unspecified atom stereocenters. The average Bonchev–Trinajstić information content (AvgIpc) is 3.23. The van der Waals surface area contributed by atoms with Gasteiger partial charge in [0.1, 0.15) is 0 Å². The average molecular weight is 311 g/mol. The molecular weight excluding hydrogens is 284 g/mol. The second-order valence-electron chi connectivity index (χ2n) is 6.27. The van der Waals surface area contributed by atoms with Crippen LogP contribution in [0.3, 0.4) is 0 Å². The van der Waals surface area contributed by atoms with Gasteiger partial charge in [0, 0.05) is 6.04 Å². The Balaban J connectivity index is 0.00000220. The molecule has 3 N–H and O–H groups in total. The molecule has 0 heterocycles. The fourth-order valence-electron chi connectivity index (χ4n) is 2.67. The molecule has 1 aliphatic carbocycles. The van der Waals surface area contributed by atoms with Gasteiger partial charge in [-0.05, 0) is 44.1 Å². The summed E-state index contributed by atoms with van der Waals surface area (Å²) in [4.78, 5) is 12.4. The van der Waals surface area contributed by atoms with Gasteiger partial charge >= 0.3 is 0 Å². The van der Waals surface area contributed by atoms with E-state index in [4.69, 9.17) is 5.73 Å². The smallest absolute Gasteiger partial charge is 0.240 e. The van der Waals surface area contributed by atoms with E-state index in [0.717, 1.165) is 19.3 Å². The van der Waals surface area contributed by atoms with Gasteiger partial charge in [-0.1, -0.05) is 43.7 Å². The highest BCUT2D eigenvalue weighted by Gasteiger charge is 2.35. The second kappa shape index (κ2) is 7.81. The molecule has 1 aromatic rings. The molecule has 0 saturated heterocycles. The first-order valence-electron chi connectivity index (χ1n) is 7.66. The summed E-state index contributed by atoms with van der Waals surface area (Å²) in [5, 5.41) is 3.19. The maximum absolute atomic E-state index is 12.4. The van der Waals surface area contributed by atoms with Gasteiger partial charge in [0.25, 0.3) is 0 Å². The molecule has 21 heavy (non-hydrogen) atoms. The van der Waals surface area contributed by atoms with E-state index < -0.39 is 5.54 Å². The molecule has 118 valence electrons. The van der Waals surface area contributed by atoms with Gasteiger partial charge in [-0.3, -0.25) is 4.79 Å². The van der Waals surface area contributed by atoms with Crippen LogP contribution in [0.1, 0.15) is 45.1 Å². The van der Waals surface area contributed by atoms with Crippen molar-refractivity contribution in [3.63, 3.8) is 0 Å². The van der Waals surface area contributed by atoms with Crippen LogP contribution in [0.2, 0.25) is 0 Å². The summed E-state index contributed by atoms with van der Waals surface area (Å²) in [6.45, 7) is 3.89. The van der Waals surface area contributed by atoms with E-state index in [-0.39, 0.29) is 24.4 Å². The number of nitrogens with two attached hydrogens (primary N) is 1. The van der Waals surface area contributed by atoms with Gasteiger partial charge < -0.3 is 11.1 Å². The minimum atomic E-state index is -0.751. The monoisotopic (exact) mass is 310 g/mol. The molecule has 1 fully saturated rings. The molecule has 1 aliphatic rings. The lowest BCUT2D eigenvalue weighted by Crippen LogP contribution is -2.55. The number of rotatable bonds is 7. The number of nitrogens with one attached hydrogen (secondary N) is 1. The molecule has 0 aliphatic heterocycles. The molecule has 4 heteroatoms. The first-order valence-corrected chi connectivity index (χ1v) is 7.66. The molecular formula is C17H27ClN2O. The summed E-state index contributed by atoms with van der Waals surface area (Å²) in [5.41, 5.74) is 6.65. The Morgan fingerprint density at radius 2 is 2.00 bits per heavy atom. The summed E-state index contributed by atoms with van der Waals surface area (Å²) < 4.78 is 0. The highest BCUT2D eigenvalue weighted by molar-refractivity contribution is 5.86. The van der Waals surface area contributed by atoms with E-state index in [1.54, 1.807) is 0 Å². The van der Waals surface area contributed by atoms with Crippen molar-refractivity contribution in [1.82, 2.24) is 5.32 Å². The number of carbonyl (C=O) groups is 1. The normalized spacial score (nSPS) is 18.2. The van der Waals surface area contributed by atoms with Crippen molar-refractivity contribution in [3.8, 4) is 0 Å². The quantitative estimate of drug-likeness (QED) is 0.813. The number of amides is 1. The minimum Gasteiger partial charge on any atom is -0.351 e. The Kier molecular flexibility index (Phi) is 6.69. The fraction of sp³-hybridized carbons (Fsp3) is 0.588. The van der Waals surface area contributed by atoms with Crippen LogP contribution in [-0.4, -0.2) is 17.5 Å². The van der Waals surface area contributed by atoms with Crippen LogP contribution < -0.4 is 11.1 Å². The molecule has 0 bridgehead atoms. The van der Waals surface area contributed by atoms with Gasteiger partial charge in [-0.2, -0.15) is 0 Å². The maximum atomic E-state index is 12.4. The van der Waals surface area contributed by atoms with Crippen molar-refractivity contribution in [2.75, 3.05) is 0 Å². The molecule has 0 radical (unpaired) electrons. The Labute approximate surface area is 134 Å². The fourth-order valence-corrected chi connectivity index (χ4v) is 2.67. The van der Waals surface area contributed by atoms with Crippen molar-refractivity contribution in [3.05, 3.63) is 35.9 Å². The molecule has 3 nitrogen and oxygen atoms in total. The number of halogens is 1. The van der Waals surface area contributed by atoms with E-state index in [2.05, 4.69) is 24.4 Å². The van der Waals surface area contributed by atoms with Crippen LogP contribution in [0.4, 0.5) is 0 Å². The van der Waals surface area contributed by atoms with E-state index >= 15 is 0 Å². The number of hydrogen-bond acceptors (Lipinski definition) is 2. The molecule has 0 spiro atoms. The Hall–Kier alpha value is -1.06. The molecule has 1 saturated carbocycles. The Morgan fingerprint density at radius 1 is 1.38 bits per heavy atom. The highest BCUT2D eigenvalue weighted by Crippen LogP contribution is 2.34. The summed E-state index contributed by atoms with van der Waals surface area (Å²) in [5.74, 6) is 0.615. The molecule has 1 amide bonds. The topological polar surface area (TPSA) is 55.1 Å². The zero-order valence-electron chi connectivity index (χ0n) is 13.0. The first kappa shape index (κ1) is 18.0. The minimum absolute atomic E-state index is 0. The second-order valence-corrected chi connectivity index (χ2v) is 6.27. The number of hydrogen-bond donors (Lipinski definition) is 2. The Bertz CT molecular complexity index is 443. The molecule has 2 rings (SSSR count). The summed E-state index contributed by atoms with van der Waals surface area (Å²) >= 11 is 0. The lowest BCUT2D eigenvalue weighted by molar-refractivity contribution is -0.126. The SMILES string of the molecule is CCCC(C)(N)C(=O)NC(Cc1ccccc1)C1CC1.Cl. The van der Waals surface area contributed by atoms with Gasteiger partial charge in [-0.15, -0.1) is 12.4 Å². The van der Waals surface area contributed by atoms with Crippen LogP contribution in [0.5, 0.6) is 0 Å². The standard InChI is InChI=1S/C17H26N2O.ClH/c1-3-11-17(2,18)16(20)19-15(14-9-10-14)12-13-7-5-4-6-8-13;/h4-8,14-15H,3,9-12,18H2,1-2H3,(H,19,20);1H. The molecule has 1 aromatic carbocycles. The molecule has 2 atom stereocenters. The first-order chi connectivity index (χ1) is 9.53.